The van der Waals surface area contributed by atoms with Crippen LogP contribution >= 0.6 is 0 Å². The van der Waals surface area contributed by atoms with E-state index < -0.39 is 5.60 Å². The van der Waals surface area contributed by atoms with E-state index in [1.165, 1.54) is 0 Å². The molecule has 0 fully saturated rings. The van der Waals surface area contributed by atoms with Gasteiger partial charge >= 0.3 is 0 Å². The molecular weight excluding hydrogens is 224 g/mol. The fourth-order valence-electron chi connectivity index (χ4n) is 1.89. The van der Waals surface area contributed by atoms with Gasteiger partial charge in [0.05, 0.1) is 17.2 Å². The Labute approximate surface area is 110 Å². The van der Waals surface area contributed by atoms with Crippen molar-refractivity contribution >= 4 is 0 Å². The zero-order chi connectivity index (χ0) is 13.8. The van der Waals surface area contributed by atoms with Crippen molar-refractivity contribution in [2.75, 3.05) is 6.54 Å². The Hall–Kier alpha value is -1.37. The molecule has 3 heteroatoms. The van der Waals surface area contributed by atoms with Gasteiger partial charge in [-0.2, -0.15) is 5.26 Å². The van der Waals surface area contributed by atoms with Gasteiger partial charge in [0.1, 0.15) is 0 Å². The van der Waals surface area contributed by atoms with Gasteiger partial charge in [-0.25, -0.2) is 0 Å². The van der Waals surface area contributed by atoms with E-state index in [0.29, 0.717) is 18.2 Å². The third-order valence-corrected chi connectivity index (χ3v) is 2.76. The van der Waals surface area contributed by atoms with Crippen molar-refractivity contribution in [2.45, 2.75) is 45.9 Å². The molecule has 0 atom stereocenters. The highest BCUT2D eigenvalue weighted by Gasteiger charge is 2.20. The van der Waals surface area contributed by atoms with E-state index in [-0.39, 0.29) is 0 Å². The predicted molar refractivity (Wildman–Crippen MR) is 73.0 cm³/mol. The Kier molecular flexibility index (Phi) is 4.89. The molecule has 18 heavy (non-hydrogen) atoms. The van der Waals surface area contributed by atoms with Crippen LogP contribution in [0.5, 0.6) is 0 Å². The van der Waals surface area contributed by atoms with Crippen molar-refractivity contribution in [1.82, 2.24) is 4.90 Å². The highest BCUT2D eigenvalue weighted by atomic mass is 16.3. The average molecular weight is 246 g/mol. The molecule has 98 valence electrons. The van der Waals surface area contributed by atoms with Gasteiger partial charge in [-0.1, -0.05) is 12.1 Å². The highest BCUT2D eigenvalue weighted by Crippen LogP contribution is 2.14. The van der Waals surface area contributed by atoms with Crippen LogP contribution in [-0.2, 0) is 6.54 Å². The molecule has 0 saturated carbocycles. The Bertz CT molecular complexity index is 427. The first kappa shape index (κ1) is 14.7. The standard InChI is InChI=1S/C15H22N2O/c1-12(2)17(11-15(3,4)18)10-14-7-5-6-13(8-14)9-16/h5-8,12,18H,10-11H2,1-4H3. The minimum atomic E-state index is -0.711. The van der Waals surface area contributed by atoms with Crippen molar-refractivity contribution in [3.63, 3.8) is 0 Å². The van der Waals surface area contributed by atoms with Crippen LogP contribution in [0.3, 0.4) is 0 Å². The van der Waals surface area contributed by atoms with Gasteiger partial charge < -0.3 is 5.11 Å². The lowest BCUT2D eigenvalue weighted by atomic mass is 10.1. The van der Waals surface area contributed by atoms with Crippen LogP contribution < -0.4 is 0 Å². The second kappa shape index (κ2) is 5.99. The normalized spacial score (nSPS) is 11.9. The summed E-state index contributed by atoms with van der Waals surface area (Å²) in [6.07, 6.45) is 0. The Morgan fingerprint density at radius 3 is 2.56 bits per heavy atom. The monoisotopic (exact) mass is 246 g/mol. The minimum absolute atomic E-state index is 0.349. The van der Waals surface area contributed by atoms with Crippen molar-refractivity contribution in [3.05, 3.63) is 35.4 Å². The average Bonchev–Trinajstić information content (AvgIpc) is 2.26. The van der Waals surface area contributed by atoms with Gasteiger partial charge in [0, 0.05) is 19.1 Å². The maximum Gasteiger partial charge on any atom is 0.0991 e. The van der Waals surface area contributed by atoms with E-state index in [1.807, 2.05) is 32.0 Å². The molecule has 1 aromatic carbocycles. The maximum absolute atomic E-state index is 9.92. The number of rotatable bonds is 5. The van der Waals surface area contributed by atoms with E-state index in [1.54, 1.807) is 6.07 Å². The van der Waals surface area contributed by atoms with E-state index >= 15 is 0 Å². The molecule has 0 radical (unpaired) electrons. The Balaban J connectivity index is 2.80. The number of benzene rings is 1. The van der Waals surface area contributed by atoms with Crippen LogP contribution in [0, 0.1) is 11.3 Å². The molecule has 0 aliphatic heterocycles. The van der Waals surface area contributed by atoms with Gasteiger partial charge in [0.15, 0.2) is 0 Å². The Morgan fingerprint density at radius 2 is 2.06 bits per heavy atom. The predicted octanol–water partition coefficient (Wildman–Crippen LogP) is 2.54. The largest absolute Gasteiger partial charge is 0.389 e. The third-order valence-electron chi connectivity index (χ3n) is 2.76. The number of hydrogen-bond acceptors (Lipinski definition) is 3. The number of hydrogen-bond donors (Lipinski definition) is 1. The SMILES string of the molecule is CC(C)N(Cc1cccc(C#N)c1)CC(C)(C)O. The molecular formula is C15H22N2O. The molecule has 0 aliphatic rings. The molecule has 0 spiro atoms. The molecule has 1 aromatic rings. The van der Waals surface area contributed by atoms with Crippen molar-refractivity contribution in [3.8, 4) is 6.07 Å². The van der Waals surface area contributed by atoms with Gasteiger partial charge in [-0.15, -0.1) is 0 Å². The zero-order valence-electron chi connectivity index (χ0n) is 11.6. The fourth-order valence-corrected chi connectivity index (χ4v) is 1.89. The molecule has 0 aromatic heterocycles. The molecule has 0 aliphatic carbocycles. The summed E-state index contributed by atoms with van der Waals surface area (Å²) < 4.78 is 0. The van der Waals surface area contributed by atoms with Gasteiger partial charge in [0.2, 0.25) is 0 Å². The lowest BCUT2D eigenvalue weighted by Gasteiger charge is -2.32. The lowest BCUT2D eigenvalue weighted by molar-refractivity contribution is 0.0225. The van der Waals surface area contributed by atoms with Crippen molar-refractivity contribution < 1.29 is 5.11 Å². The van der Waals surface area contributed by atoms with Crippen LogP contribution in [0.1, 0.15) is 38.8 Å². The smallest absolute Gasteiger partial charge is 0.0991 e. The summed E-state index contributed by atoms with van der Waals surface area (Å²) in [6.45, 7) is 9.21. The topological polar surface area (TPSA) is 47.3 Å². The van der Waals surface area contributed by atoms with E-state index in [0.717, 1.165) is 12.1 Å². The van der Waals surface area contributed by atoms with Crippen LogP contribution in [0.15, 0.2) is 24.3 Å². The second-order valence-corrected chi connectivity index (χ2v) is 5.62. The fraction of sp³-hybridized carbons (Fsp3) is 0.533. The molecule has 0 saturated heterocycles. The molecule has 0 heterocycles. The molecule has 0 unspecified atom stereocenters. The van der Waals surface area contributed by atoms with E-state index in [2.05, 4.69) is 24.8 Å². The first-order valence-electron chi connectivity index (χ1n) is 6.27. The summed E-state index contributed by atoms with van der Waals surface area (Å²) >= 11 is 0. The summed E-state index contributed by atoms with van der Waals surface area (Å²) in [7, 11) is 0. The highest BCUT2D eigenvalue weighted by molar-refractivity contribution is 5.32. The van der Waals surface area contributed by atoms with Crippen LogP contribution in [0.25, 0.3) is 0 Å². The Morgan fingerprint density at radius 1 is 1.39 bits per heavy atom. The number of nitrogens with zero attached hydrogens (tertiary/aromatic N) is 2. The van der Waals surface area contributed by atoms with E-state index in [4.69, 9.17) is 5.26 Å². The van der Waals surface area contributed by atoms with E-state index in [9.17, 15) is 5.11 Å². The summed E-state index contributed by atoms with van der Waals surface area (Å²) in [5.74, 6) is 0. The maximum atomic E-state index is 9.92. The summed E-state index contributed by atoms with van der Waals surface area (Å²) in [6, 6.07) is 10.1. The number of nitriles is 1. The lowest BCUT2D eigenvalue weighted by Crippen LogP contribution is -2.41. The zero-order valence-corrected chi connectivity index (χ0v) is 11.6. The minimum Gasteiger partial charge on any atom is -0.389 e. The molecule has 1 rings (SSSR count). The first-order valence-corrected chi connectivity index (χ1v) is 6.27. The van der Waals surface area contributed by atoms with Gasteiger partial charge in [-0.05, 0) is 45.4 Å². The van der Waals surface area contributed by atoms with Crippen molar-refractivity contribution in [2.24, 2.45) is 0 Å². The summed E-state index contributed by atoms with van der Waals surface area (Å²) in [4.78, 5) is 2.20. The molecule has 3 nitrogen and oxygen atoms in total. The van der Waals surface area contributed by atoms with Gasteiger partial charge in [0.25, 0.3) is 0 Å². The van der Waals surface area contributed by atoms with Crippen LogP contribution in [0.2, 0.25) is 0 Å². The summed E-state index contributed by atoms with van der Waals surface area (Å²) in [5.41, 5.74) is 1.07. The molecule has 0 amide bonds. The molecule has 0 bridgehead atoms. The quantitative estimate of drug-likeness (QED) is 0.868. The summed E-state index contributed by atoms with van der Waals surface area (Å²) in [5, 5.41) is 18.8. The first-order chi connectivity index (χ1) is 8.31. The van der Waals surface area contributed by atoms with Gasteiger partial charge in [-0.3, -0.25) is 4.90 Å². The van der Waals surface area contributed by atoms with Crippen molar-refractivity contribution in [1.29, 1.82) is 5.26 Å². The second-order valence-electron chi connectivity index (χ2n) is 5.62. The van der Waals surface area contributed by atoms with Crippen LogP contribution in [-0.4, -0.2) is 28.2 Å². The third kappa shape index (κ3) is 4.87. The molecule has 1 N–H and O–H groups in total. The number of aliphatic hydroxyl groups is 1. The van der Waals surface area contributed by atoms with Crippen LogP contribution in [0.4, 0.5) is 0 Å².